The average Bonchev–Trinajstić information content (AvgIpc) is 2.61. The van der Waals surface area contributed by atoms with Gasteiger partial charge < -0.3 is 20.1 Å². The minimum absolute atomic E-state index is 0.167. The van der Waals surface area contributed by atoms with Crippen LogP contribution in [-0.2, 0) is 4.79 Å². The molecular weight excluding hydrogens is 469 g/mol. The molecule has 138 valence electrons. The lowest BCUT2D eigenvalue weighted by molar-refractivity contribution is -0.114. The van der Waals surface area contributed by atoms with Crippen LogP contribution in [0.5, 0.6) is 11.5 Å². The number of hydrogen-bond acceptors (Lipinski definition) is 5. The molecule has 0 aliphatic rings. The van der Waals surface area contributed by atoms with E-state index < -0.39 is 6.03 Å². The molecule has 2 aromatic rings. The van der Waals surface area contributed by atoms with Gasteiger partial charge in [-0.3, -0.25) is 4.79 Å². The molecule has 9 heteroatoms. The minimum atomic E-state index is -0.458. The van der Waals surface area contributed by atoms with E-state index in [9.17, 15) is 9.59 Å². The van der Waals surface area contributed by atoms with Crippen molar-refractivity contribution < 1.29 is 19.1 Å². The first-order valence-electron chi connectivity index (χ1n) is 7.45. The van der Waals surface area contributed by atoms with E-state index in [4.69, 9.17) is 9.47 Å². The summed E-state index contributed by atoms with van der Waals surface area (Å²) in [5.74, 6) is 0.953. The summed E-state index contributed by atoms with van der Waals surface area (Å²) < 4.78 is 12.5. The van der Waals surface area contributed by atoms with Crippen molar-refractivity contribution >= 4 is 64.4 Å². The van der Waals surface area contributed by atoms with E-state index in [1.165, 1.54) is 14.0 Å². The molecule has 0 atom stereocenters. The maximum atomic E-state index is 12.5. The van der Waals surface area contributed by atoms with Crippen LogP contribution < -0.4 is 24.4 Å². The molecule has 3 amide bonds. The number of benzene rings is 2. The van der Waals surface area contributed by atoms with Crippen LogP contribution in [0.1, 0.15) is 6.92 Å². The standard InChI is InChI=1S/C17H18IN3O4S/c1-10(22)19-11-4-6-12(7-5-11)21(26)17(23)20-14-8-13(18)15(24-2)9-16(14)25-3/h4-9,26H,1-3H3,(H,19,22)(H,20,23). The van der Waals surface area contributed by atoms with Gasteiger partial charge >= 0.3 is 6.03 Å². The van der Waals surface area contributed by atoms with Gasteiger partial charge in [0.05, 0.1) is 29.2 Å². The molecule has 0 unspecified atom stereocenters. The number of rotatable bonds is 5. The number of hydrogen-bond donors (Lipinski definition) is 3. The summed E-state index contributed by atoms with van der Waals surface area (Å²) in [6, 6.07) is 9.70. The summed E-state index contributed by atoms with van der Waals surface area (Å²) in [6.07, 6.45) is 0. The first-order chi connectivity index (χ1) is 12.3. The highest BCUT2D eigenvalue weighted by Crippen LogP contribution is 2.34. The van der Waals surface area contributed by atoms with Gasteiger partial charge in [-0.05, 0) is 52.9 Å². The third-order valence-corrected chi connectivity index (χ3v) is 4.60. The van der Waals surface area contributed by atoms with E-state index in [1.54, 1.807) is 43.5 Å². The first kappa shape index (κ1) is 20.2. The lowest BCUT2D eigenvalue weighted by Gasteiger charge is -2.19. The summed E-state index contributed by atoms with van der Waals surface area (Å²) in [7, 11) is 3.08. The normalized spacial score (nSPS) is 10.0. The van der Waals surface area contributed by atoms with Crippen LogP contribution in [0.25, 0.3) is 0 Å². The zero-order chi connectivity index (χ0) is 19.3. The third-order valence-electron chi connectivity index (χ3n) is 3.34. The SMILES string of the molecule is COc1cc(OC)c(NC(=O)N(S)c2ccc(NC(C)=O)cc2)cc1I. The van der Waals surface area contributed by atoms with E-state index >= 15 is 0 Å². The number of thiol groups is 1. The number of urea groups is 1. The van der Waals surface area contributed by atoms with Crippen molar-refractivity contribution in [3.8, 4) is 11.5 Å². The lowest BCUT2D eigenvalue weighted by Crippen LogP contribution is -2.27. The number of nitrogens with zero attached hydrogens (tertiary/aromatic N) is 1. The topological polar surface area (TPSA) is 79.9 Å². The predicted molar refractivity (Wildman–Crippen MR) is 113 cm³/mol. The van der Waals surface area contributed by atoms with Gasteiger partial charge in [-0.2, -0.15) is 0 Å². The molecule has 2 aromatic carbocycles. The maximum absolute atomic E-state index is 12.5. The van der Waals surface area contributed by atoms with Crippen molar-refractivity contribution in [1.29, 1.82) is 0 Å². The Labute approximate surface area is 170 Å². The highest BCUT2D eigenvalue weighted by molar-refractivity contribution is 14.1. The summed E-state index contributed by atoms with van der Waals surface area (Å²) in [5.41, 5.74) is 1.67. The predicted octanol–water partition coefficient (Wildman–Crippen LogP) is 4.15. The second kappa shape index (κ2) is 8.99. The number of carbonyl (C=O) groups is 2. The Morgan fingerprint density at radius 2 is 1.65 bits per heavy atom. The second-order valence-corrected chi connectivity index (χ2v) is 6.72. The molecule has 0 radical (unpaired) electrons. The Kier molecular flexibility index (Phi) is 6.98. The zero-order valence-corrected chi connectivity index (χ0v) is 17.4. The summed E-state index contributed by atoms with van der Waals surface area (Å²) in [4.78, 5) is 23.5. The van der Waals surface area contributed by atoms with Crippen molar-refractivity contribution in [2.24, 2.45) is 0 Å². The fraction of sp³-hybridized carbons (Fsp3) is 0.176. The maximum Gasteiger partial charge on any atom is 0.336 e. The molecule has 0 saturated heterocycles. The molecule has 0 saturated carbocycles. The molecule has 26 heavy (non-hydrogen) atoms. The summed E-state index contributed by atoms with van der Waals surface area (Å²) in [5, 5.41) is 5.41. The van der Waals surface area contributed by atoms with Crippen molar-refractivity contribution in [1.82, 2.24) is 0 Å². The van der Waals surface area contributed by atoms with Gasteiger partial charge in [-0.1, -0.05) is 12.8 Å². The van der Waals surface area contributed by atoms with Gasteiger partial charge in [0.25, 0.3) is 0 Å². The third kappa shape index (κ3) is 4.94. The Morgan fingerprint density at radius 3 is 2.19 bits per heavy atom. The van der Waals surface area contributed by atoms with E-state index in [2.05, 4.69) is 46.0 Å². The molecular formula is C17H18IN3O4S. The molecule has 0 fully saturated rings. The molecule has 0 aliphatic carbocycles. The van der Waals surface area contributed by atoms with E-state index in [0.717, 1.165) is 7.88 Å². The quantitative estimate of drug-likeness (QED) is 0.438. The Bertz CT molecular complexity index is 814. The van der Waals surface area contributed by atoms with Gasteiger partial charge in [-0.25, -0.2) is 9.10 Å². The van der Waals surface area contributed by atoms with Crippen molar-refractivity contribution in [2.75, 3.05) is 29.2 Å². The molecule has 0 bridgehead atoms. The van der Waals surface area contributed by atoms with Crippen LogP contribution in [0.4, 0.5) is 21.9 Å². The molecule has 0 aliphatic heterocycles. The number of nitrogens with one attached hydrogen (secondary N) is 2. The molecule has 2 rings (SSSR count). The van der Waals surface area contributed by atoms with Gasteiger partial charge in [0.15, 0.2) is 0 Å². The smallest absolute Gasteiger partial charge is 0.336 e. The molecule has 2 N–H and O–H groups in total. The Balaban J connectivity index is 2.16. The lowest BCUT2D eigenvalue weighted by atomic mass is 10.2. The van der Waals surface area contributed by atoms with Crippen molar-refractivity contribution in [3.05, 3.63) is 40.0 Å². The molecule has 0 spiro atoms. The number of amides is 3. The van der Waals surface area contributed by atoms with Crippen molar-refractivity contribution in [3.63, 3.8) is 0 Å². The van der Waals surface area contributed by atoms with E-state index in [1.807, 2.05) is 0 Å². The number of methoxy groups -OCH3 is 2. The van der Waals surface area contributed by atoms with Gasteiger partial charge in [-0.15, -0.1) is 0 Å². The van der Waals surface area contributed by atoms with Crippen LogP contribution in [0.3, 0.4) is 0 Å². The zero-order valence-electron chi connectivity index (χ0n) is 14.4. The minimum Gasteiger partial charge on any atom is -0.496 e. The number of halogens is 1. The van der Waals surface area contributed by atoms with Gasteiger partial charge in [0, 0.05) is 18.7 Å². The molecule has 0 heterocycles. The molecule has 0 aromatic heterocycles. The summed E-state index contributed by atoms with van der Waals surface area (Å²) in [6.45, 7) is 1.43. The average molecular weight is 487 g/mol. The monoisotopic (exact) mass is 487 g/mol. The Hall–Kier alpha value is -2.14. The molecule has 7 nitrogen and oxygen atoms in total. The van der Waals surface area contributed by atoms with Crippen LogP contribution in [0.15, 0.2) is 36.4 Å². The van der Waals surface area contributed by atoms with Crippen LogP contribution in [0, 0.1) is 3.57 Å². The van der Waals surface area contributed by atoms with Crippen LogP contribution >= 0.6 is 35.4 Å². The van der Waals surface area contributed by atoms with Crippen molar-refractivity contribution in [2.45, 2.75) is 6.92 Å². The highest BCUT2D eigenvalue weighted by Gasteiger charge is 2.16. The number of ether oxygens (including phenoxy) is 2. The number of carbonyl (C=O) groups excluding carboxylic acids is 2. The van der Waals surface area contributed by atoms with Crippen LogP contribution in [0.2, 0.25) is 0 Å². The van der Waals surface area contributed by atoms with Crippen LogP contribution in [-0.4, -0.2) is 26.2 Å². The Morgan fingerprint density at radius 1 is 1.04 bits per heavy atom. The van der Waals surface area contributed by atoms with Gasteiger partial charge in [0.2, 0.25) is 5.91 Å². The summed E-state index contributed by atoms with van der Waals surface area (Å²) >= 11 is 6.35. The number of anilines is 3. The van der Waals surface area contributed by atoms with E-state index in [-0.39, 0.29) is 5.91 Å². The second-order valence-electron chi connectivity index (χ2n) is 5.16. The fourth-order valence-electron chi connectivity index (χ4n) is 2.13. The van der Waals surface area contributed by atoms with E-state index in [0.29, 0.717) is 28.6 Å². The highest BCUT2D eigenvalue weighted by atomic mass is 127. The fourth-order valence-corrected chi connectivity index (χ4v) is 3.00. The largest absolute Gasteiger partial charge is 0.496 e. The first-order valence-corrected chi connectivity index (χ1v) is 8.92. The van der Waals surface area contributed by atoms with Gasteiger partial charge in [0.1, 0.15) is 11.5 Å².